The lowest BCUT2D eigenvalue weighted by molar-refractivity contribution is 0.953. The lowest BCUT2D eigenvalue weighted by atomic mass is 10.00. The van der Waals surface area contributed by atoms with Gasteiger partial charge in [-0.05, 0) is 90.0 Å². The maximum Gasteiger partial charge on any atom is 0.238 e. The second kappa shape index (κ2) is 14.6. The summed E-state index contributed by atoms with van der Waals surface area (Å²) < 4.78 is 4.53. The third-order valence-electron chi connectivity index (χ3n) is 11.6. The van der Waals surface area contributed by atoms with Crippen molar-refractivity contribution in [2.45, 2.75) is 0 Å². The van der Waals surface area contributed by atoms with Crippen LogP contribution in [0.1, 0.15) is 0 Å². The predicted octanol–water partition coefficient (Wildman–Crippen LogP) is 13.2. The van der Waals surface area contributed by atoms with Crippen molar-refractivity contribution in [3.05, 3.63) is 212 Å². The van der Waals surface area contributed by atoms with Gasteiger partial charge in [0.25, 0.3) is 0 Å². The van der Waals surface area contributed by atoms with E-state index in [0.29, 0.717) is 17.6 Å². The molecule has 0 aliphatic rings. The molecule has 0 saturated heterocycles. The first-order valence-electron chi connectivity index (χ1n) is 20.7. The van der Waals surface area contributed by atoms with Gasteiger partial charge in [0.1, 0.15) is 0 Å². The van der Waals surface area contributed by atoms with Gasteiger partial charge >= 0.3 is 0 Å². The van der Waals surface area contributed by atoms with E-state index in [-0.39, 0.29) is 0 Å². The Bertz CT molecular complexity index is 3560. The topological polar surface area (TPSA) is 74.3 Å². The van der Waals surface area contributed by atoms with Crippen LogP contribution in [0.5, 0.6) is 0 Å². The first-order valence-corrected chi connectivity index (χ1v) is 20.7. The van der Waals surface area contributed by atoms with Crippen LogP contribution in [0.4, 0.5) is 0 Å². The minimum Gasteiger partial charge on any atom is -0.309 e. The molecule has 0 N–H and O–H groups in total. The monoisotopic (exact) mass is 793 g/mol. The van der Waals surface area contributed by atoms with Gasteiger partial charge in [-0.2, -0.15) is 9.97 Å². The van der Waals surface area contributed by atoms with Crippen LogP contribution in [0.3, 0.4) is 0 Å². The van der Waals surface area contributed by atoms with Crippen molar-refractivity contribution >= 4 is 43.6 Å². The standard InChI is InChI=1S/C55H35N7/c1-4-15-36(16-5-1)53-58-54(37-17-6-2-7-18-37)60-55(59-53)62-51-30-27-39(38-26-29-50-43(33-38)42-21-10-11-25-49(42)61(50)41-19-8-3-9-20-41)34-44(51)45-35-40(28-31-52(45)62)46-23-14-24-48(57-46)47-22-12-13-32-56-47/h1-35H. The Kier molecular flexibility index (Phi) is 8.35. The molecule has 7 heteroatoms. The average Bonchev–Trinajstić information content (AvgIpc) is 3.87. The van der Waals surface area contributed by atoms with Crippen LogP contribution in [-0.2, 0) is 0 Å². The molecule has 0 fully saturated rings. The Hall–Kier alpha value is -8.55. The van der Waals surface area contributed by atoms with Crippen molar-refractivity contribution < 1.29 is 0 Å². The van der Waals surface area contributed by atoms with Crippen LogP contribution in [0.15, 0.2) is 212 Å². The highest BCUT2D eigenvalue weighted by atomic mass is 15.2. The van der Waals surface area contributed by atoms with E-state index in [1.54, 1.807) is 6.20 Å². The van der Waals surface area contributed by atoms with Gasteiger partial charge in [-0.3, -0.25) is 9.55 Å². The van der Waals surface area contributed by atoms with Gasteiger partial charge in [0, 0.05) is 50.1 Å². The number of aromatic nitrogens is 7. The zero-order valence-corrected chi connectivity index (χ0v) is 33.3. The molecule has 5 aromatic heterocycles. The maximum absolute atomic E-state index is 5.19. The molecule has 7 aromatic carbocycles. The van der Waals surface area contributed by atoms with Crippen molar-refractivity contribution in [3.63, 3.8) is 0 Å². The van der Waals surface area contributed by atoms with Gasteiger partial charge in [-0.1, -0.05) is 127 Å². The Morgan fingerprint density at radius 3 is 1.44 bits per heavy atom. The molecule has 12 aromatic rings. The summed E-state index contributed by atoms with van der Waals surface area (Å²) in [7, 11) is 0. The highest BCUT2D eigenvalue weighted by Crippen LogP contribution is 2.39. The van der Waals surface area contributed by atoms with Crippen molar-refractivity contribution in [2.24, 2.45) is 0 Å². The predicted molar refractivity (Wildman–Crippen MR) is 251 cm³/mol. The fourth-order valence-corrected chi connectivity index (χ4v) is 8.74. The molecule has 12 rings (SSSR count). The summed E-state index contributed by atoms with van der Waals surface area (Å²) in [6.45, 7) is 0. The Morgan fingerprint density at radius 2 is 0.790 bits per heavy atom. The Labute approximate surface area is 356 Å². The van der Waals surface area contributed by atoms with Gasteiger partial charge in [0.05, 0.1) is 39.1 Å². The quantitative estimate of drug-likeness (QED) is 0.161. The number of rotatable bonds is 7. The number of hydrogen-bond acceptors (Lipinski definition) is 5. The van der Waals surface area contributed by atoms with Crippen LogP contribution >= 0.6 is 0 Å². The highest BCUT2D eigenvalue weighted by Gasteiger charge is 2.20. The van der Waals surface area contributed by atoms with Crippen LogP contribution in [-0.4, -0.2) is 34.1 Å². The van der Waals surface area contributed by atoms with Gasteiger partial charge in [0.2, 0.25) is 5.95 Å². The Balaban J connectivity index is 1.08. The summed E-state index contributed by atoms with van der Waals surface area (Å²) in [4.78, 5) is 25.0. The van der Waals surface area contributed by atoms with Crippen LogP contribution in [0.25, 0.3) is 112 Å². The molecule has 62 heavy (non-hydrogen) atoms. The lowest BCUT2D eigenvalue weighted by Gasteiger charge is -2.11. The van der Waals surface area contributed by atoms with E-state index in [1.807, 2.05) is 91.0 Å². The molecule has 0 spiro atoms. The van der Waals surface area contributed by atoms with E-state index < -0.39 is 0 Å². The Morgan fingerprint density at radius 1 is 0.290 bits per heavy atom. The molecule has 290 valence electrons. The summed E-state index contributed by atoms with van der Waals surface area (Å²) in [5.41, 5.74) is 13.1. The second-order valence-electron chi connectivity index (χ2n) is 15.4. The van der Waals surface area contributed by atoms with E-state index >= 15 is 0 Å². The first kappa shape index (κ1) is 35.4. The third-order valence-corrected chi connectivity index (χ3v) is 11.6. The van der Waals surface area contributed by atoms with Crippen molar-refractivity contribution in [2.75, 3.05) is 0 Å². The first-order chi connectivity index (χ1) is 30.7. The summed E-state index contributed by atoms with van der Waals surface area (Å²) >= 11 is 0. The van der Waals surface area contributed by atoms with E-state index in [1.165, 1.54) is 21.8 Å². The fraction of sp³-hybridized carbons (Fsp3) is 0. The van der Waals surface area contributed by atoms with Gasteiger partial charge < -0.3 is 4.57 Å². The number of fused-ring (bicyclic) bond motifs is 6. The zero-order valence-electron chi connectivity index (χ0n) is 33.3. The van der Waals surface area contributed by atoms with Gasteiger partial charge in [0.15, 0.2) is 11.6 Å². The smallest absolute Gasteiger partial charge is 0.238 e. The molecule has 0 saturated carbocycles. The molecule has 5 heterocycles. The summed E-state index contributed by atoms with van der Waals surface area (Å²) in [6.07, 6.45) is 1.80. The van der Waals surface area contributed by atoms with Crippen molar-refractivity contribution in [1.82, 2.24) is 34.1 Å². The van der Waals surface area contributed by atoms with Crippen LogP contribution in [0, 0.1) is 0 Å². The van der Waals surface area contributed by atoms with E-state index in [9.17, 15) is 0 Å². The molecule has 0 radical (unpaired) electrons. The minimum atomic E-state index is 0.545. The number of nitrogens with zero attached hydrogens (tertiary/aromatic N) is 7. The normalized spacial score (nSPS) is 11.5. The van der Waals surface area contributed by atoms with E-state index in [0.717, 1.165) is 72.4 Å². The summed E-state index contributed by atoms with van der Waals surface area (Å²) in [5, 5.41) is 4.57. The highest BCUT2D eigenvalue weighted by molar-refractivity contribution is 6.13. The minimum absolute atomic E-state index is 0.545. The van der Waals surface area contributed by atoms with E-state index in [2.05, 4.69) is 129 Å². The number of hydrogen-bond donors (Lipinski definition) is 0. The molecule has 0 aliphatic carbocycles. The van der Waals surface area contributed by atoms with Gasteiger partial charge in [-0.15, -0.1) is 0 Å². The number of para-hydroxylation sites is 2. The lowest BCUT2D eigenvalue weighted by Crippen LogP contribution is -2.06. The molecule has 0 atom stereocenters. The molecule has 0 bridgehead atoms. The summed E-state index contributed by atoms with van der Waals surface area (Å²) in [5.74, 6) is 1.76. The molecule has 7 nitrogen and oxygen atoms in total. The fourth-order valence-electron chi connectivity index (χ4n) is 8.74. The number of pyridine rings is 2. The summed E-state index contributed by atoms with van der Waals surface area (Å²) in [6, 6.07) is 71.6. The van der Waals surface area contributed by atoms with Gasteiger partial charge in [-0.25, -0.2) is 9.97 Å². The SMILES string of the molecule is c1ccc(-c2nc(-c3ccccc3)nc(-n3c4ccc(-c5ccc6c(c5)c5ccccc5n6-c5ccccc5)cc4c4cc(-c5cccc(-c6ccccn6)n5)ccc43)n2)cc1. The molecular weight excluding hydrogens is 759 g/mol. The van der Waals surface area contributed by atoms with E-state index in [4.69, 9.17) is 19.9 Å². The zero-order chi connectivity index (χ0) is 41.0. The van der Waals surface area contributed by atoms with Crippen molar-refractivity contribution in [1.29, 1.82) is 0 Å². The molecule has 0 amide bonds. The molecule has 0 aliphatic heterocycles. The molecule has 0 unspecified atom stereocenters. The van der Waals surface area contributed by atoms with Crippen molar-refractivity contribution in [3.8, 4) is 68.2 Å². The number of benzene rings is 7. The molecular formula is C55H35N7. The largest absolute Gasteiger partial charge is 0.309 e. The third kappa shape index (κ3) is 6.02. The van der Waals surface area contributed by atoms with Crippen LogP contribution < -0.4 is 0 Å². The average molecular weight is 794 g/mol. The second-order valence-corrected chi connectivity index (χ2v) is 15.4. The maximum atomic E-state index is 5.19. The van der Waals surface area contributed by atoms with Crippen LogP contribution in [0.2, 0.25) is 0 Å².